The summed E-state index contributed by atoms with van der Waals surface area (Å²) >= 11 is 1.20. The molecule has 1 heterocycles. The van der Waals surface area contributed by atoms with Gasteiger partial charge in [-0.3, -0.25) is 9.11 Å². The molecule has 18 heteroatoms. The highest BCUT2D eigenvalue weighted by molar-refractivity contribution is 7.98. The fourth-order valence-electron chi connectivity index (χ4n) is 2.63. The highest BCUT2D eigenvalue weighted by Crippen LogP contribution is 2.39. The number of methoxy groups -OCH3 is 1. The second-order valence-electron chi connectivity index (χ2n) is 6.67. The van der Waals surface area contributed by atoms with Crippen LogP contribution in [0.3, 0.4) is 0 Å². The van der Waals surface area contributed by atoms with Crippen molar-refractivity contribution in [1.29, 1.82) is 0 Å². The van der Waals surface area contributed by atoms with Crippen molar-refractivity contribution in [2.75, 3.05) is 24.8 Å². The van der Waals surface area contributed by atoms with Gasteiger partial charge in [-0.1, -0.05) is 11.8 Å². The SMILES string of the molecule is COc1cc(N=Nc2c(N)nc(SC)nc2N)c(S(=O)(=O)O)cc1N=Nc1ccc(S(=O)(=O)O)cc1. The van der Waals surface area contributed by atoms with E-state index in [4.69, 9.17) is 20.8 Å². The van der Waals surface area contributed by atoms with Crippen LogP contribution in [-0.4, -0.2) is 49.3 Å². The summed E-state index contributed by atoms with van der Waals surface area (Å²) in [7, 11) is -7.94. The molecule has 0 aliphatic rings. The summed E-state index contributed by atoms with van der Waals surface area (Å²) in [4.78, 5) is 6.94. The molecule has 0 saturated heterocycles. The lowest BCUT2D eigenvalue weighted by molar-refractivity contribution is 0.415. The number of azo groups is 2. The van der Waals surface area contributed by atoms with E-state index >= 15 is 0 Å². The number of rotatable bonds is 8. The summed E-state index contributed by atoms with van der Waals surface area (Å²) in [5.74, 6) is -0.188. The molecular formula is C18H18N8O7S3. The molecule has 0 atom stereocenters. The summed E-state index contributed by atoms with van der Waals surface area (Å²) in [6.07, 6.45) is 1.72. The molecular weight excluding hydrogens is 536 g/mol. The van der Waals surface area contributed by atoms with Gasteiger partial charge in [-0.2, -0.15) is 21.9 Å². The third-order valence-electron chi connectivity index (χ3n) is 4.30. The van der Waals surface area contributed by atoms with Gasteiger partial charge in [0, 0.05) is 6.07 Å². The van der Waals surface area contributed by atoms with Gasteiger partial charge >= 0.3 is 0 Å². The van der Waals surface area contributed by atoms with Crippen molar-refractivity contribution in [3.8, 4) is 5.75 Å². The number of hydrogen-bond donors (Lipinski definition) is 4. The Balaban J connectivity index is 2.05. The molecule has 0 fully saturated rings. The first-order valence-corrected chi connectivity index (χ1v) is 13.5. The van der Waals surface area contributed by atoms with Gasteiger partial charge < -0.3 is 16.2 Å². The number of nitrogens with two attached hydrogens (primary N) is 2. The van der Waals surface area contributed by atoms with E-state index in [-0.39, 0.29) is 45.0 Å². The van der Waals surface area contributed by atoms with Crippen molar-refractivity contribution >= 4 is 66.4 Å². The van der Waals surface area contributed by atoms with Crippen molar-refractivity contribution in [1.82, 2.24) is 9.97 Å². The number of benzene rings is 2. The van der Waals surface area contributed by atoms with Crippen molar-refractivity contribution in [3.05, 3.63) is 36.4 Å². The fourth-order valence-corrected chi connectivity index (χ4v) is 4.11. The maximum Gasteiger partial charge on any atom is 0.296 e. The van der Waals surface area contributed by atoms with Crippen LogP contribution >= 0.6 is 11.8 Å². The van der Waals surface area contributed by atoms with Crippen LogP contribution in [0.15, 0.2) is 71.8 Å². The molecule has 0 aliphatic carbocycles. The molecule has 36 heavy (non-hydrogen) atoms. The predicted octanol–water partition coefficient (Wildman–Crippen LogP) is 3.70. The van der Waals surface area contributed by atoms with Crippen LogP contribution in [0.1, 0.15) is 0 Å². The average molecular weight is 555 g/mol. The minimum atomic E-state index is -4.82. The van der Waals surface area contributed by atoms with Gasteiger partial charge in [-0.05, 0) is 36.6 Å². The van der Waals surface area contributed by atoms with Crippen LogP contribution in [-0.2, 0) is 20.2 Å². The number of aromatic nitrogens is 2. The van der Waals surface area contributed by atoms with Crippen molar-refractivity contribution < 1.29 is 30.7 Å². The topological polar surface area (TPSA) is 245 Å². The Kier molecular flexibility index (Phi) is 7.84. The largest absolute Gasteiger partial charge is 0.494 e. The van der Waals surface area contributed by atoms with E-state index in [1.165, 1.54) is 31.0 Å². The second kappa shape index (κ2) is 10.5. The number of ether oxygens (including phenoxy) is 1. The summed E-state index contributed by atoms with van der Waals surface area (Å²) in [5, 5.41) is 15.7. The molecule has 3 aromatic rings. The van der Waals surface area contributed by atoms with Crippen molar-refractivity contribution in [2.45, 2.75) is 14.9 Å². The second-order valence-corrected chi connectivity index (χ2v) is 10.3. The number of nitrogen functional groups attached to an aromatic ring is 2. The van der Waals surface area contributed by atoms with E-state index in [0.29, 0.717) is 5.16 Å². The molecule has 1 aromatic heterocycles. The van der Waals surface area contributed by atoms with Gasteiger partial charge in [0.1, 0.15) is 22.0 Å². The third kappa shape index (κ3) is 6.29. The number of anilines is 2. The van der Waals surface area contributed by atoms with E-state index in [1.54, 1.807) is 6.26 Å². The quantitative estimate of drug-likeness (QED) is 0.135. The molecule has 0 spiro atoms. The average Bonchev–Trinajstić information content (AvgIpc) is 2.81. The number of thioether (sulfide) groups is 1. The Hall–Kier alpha value is -3.71. The Morgan fingerprint density at radius 1 is 0.861 bits per heavy atom. The van der Waals surface area contributed by atoms with E-state index in [2.05, 4.69) is 30.4 Å². The molecule has 0 aliphatic heterocycles. The van der Waals surface area contributed by atoms with Crippen LogP contribution in [0.5, 0.6) is 5.75 Å². The first-order chi connectivity index (χ1) is 16.8. The lowest BCUT2D eigenvalue weighted by atomic mass is 10.2. The lowest BCUT2D eigenvalue weighted by Crippen LogP contribution is -2.01. The molecule has 0 saturated carbocycles. The lowest BCUT2D eigenvalue weighted by Gasteiger charge is -2.09. The highest BCUT2D eigenvalue weighted by Gasteiger charge is 2.21. The Labute approximate surface area is 209 Å². The summed E-state index contributed by atoms with van der Waals surface area (Å²) < 4.78 is 70.3. The van der Waals surface area contributed by atoms with Gasteiger partial charge in [0.05, 0.1) is 17.7 Å². The Bertz CT molecular complexity index is 1550. The smallest absolute Gasteiger partial charge is 0.296 e. The van der Waals surface area contributed by atoms with Crippen LogP contribution < -0.4 is 16.2 Å². The van der Waals surface area contributed by atoms with E-state index < -0.39 is 25.1 Å². The van der Waals surface area contributed by atoms with Crippen LogP contribution in [0, 0.1) is 0 Å². The molecule has 0 unspecified atom stereocenters. The molecule has 0 radical (unpaired) electrons. The fraction of sp³-hybridized carbons (Fsp3) is 0.111. The van der Waals surface area contributed by atoms with E-state index in [0.717, 1.165) is 24.3 Å². The summed E-state index contributed by atoms with van der Waals surface area (Å²) in [6.45, 7) is 0. The molecule has 2 aromatic carbocycles. The van der Waals surface area contributed by atoms with Crippen LogP contribution in [0.4, 0.5) is 34.4 Å². The Morgan fingerprint density at radius 2 is 1.44 bits per heavy atom. The summed E-state index contributed by atoms with van der Waals surface area (Å²) in [5.41, 5.74) is 11.3. The van der Waals surface area contributed by atoms with E-state index in [9.17, 15) is 21.4 Å². The Morgan fingerprint density at radius 3 is 1.94 bits per heavy atom. The van der Waals surface area contributed by atoms with Crippen LogP contribution in [0.2, 0.25) is 0 Å². The zero-order valence-corrected chi connectivity index (χ0v) is 20.9. The molecule has 15 nitrogen and oxygen atoms in total. The molecule has 3 rings (SSSR count). The minimum absolute atomic E-state index is 0.00424. The van der Waals surface area contributed by atoms with Crippen molar-refractivity contribution in [2.24, 2.45) is 20.5 Å². The zero-order chi connectivity index (χ0) is 26.7. The number of nitrogens with zero attached hydrogens (tertiary/aromatic N) is 6. The minimum Gasteiger partial charge on any atom is -0.494 e. The molecule has 0 bridgehead atoms. The molecule has 0 amide bonds. The first-order valence-electron chi connectivity index (χ1n) is 9.41. The normalized spacial score (nSPS) is 12.4. The van der Waals surface area contributed by atoms with E-state index in [1.807, 2.05) is 0 Å². The summed E-state index contributed by atoms with van der Waals surface area (Å²) in [6, 6.07) is 6.78. The first kappa shape index (κ1) is 26.9. The van der Waals surface area contributed by atoms with Gasteiger partial charge in [-0.15, -0.1) is 15.3 Å². The van der Waals surface area contributed by atoms with Crippen molar-refractivity contribution in [3.63, 3.8) is 0 Å². The standard InChI is InChI=1S/C18H18N8O7S3/c1-33-13-7-12(25-26-15-16(19)21-18(34-2)22-17(15)20)14(36(30,31)32)8-11(13)24-23-9-3-5-10(6-4-9)35(27,28)29/h3-8H,1-2H3,(H,27,28,29)(H,30,31,32)(H4,19,20,21,22). The van der Waals surface area contributed by atoms with Gasteiger partial charge in [0.15, 0.2) is 22.5 Å². The van der Waals surface area contributed by atoms with Gasteiger partial charge in [0.25, 0.3) is 20.2 Å². The number of hydrogen-bond acceptors (Lipinski definition) is 14. The zero-order valence-electron chi connectivity index (χ0n) is 18.5. The van der Waals surface area contributed by atoms with Gasteiger partial charge in [0.2, 0.25) is 0 Å². The van der Waals surface area contributed by atoms with Crippen LogP contribution in [0.25, 0.3) is 0 Å². The maximum atomic E-state index is 12.0. The maximum absolute atomic E-state index is 12.0. The third-order valence-corrected chi connectivity index (χ3v) is 6.60. The monoisotopic (exact) mass is 554 g/mol. The highest BCUT2D eigenvalue weighted by atomic mass is 32.2. The predicted molar refractivity (Wildman–Crippen MR) is 130 cm³/mol. The van der Waals surface area contributed by atoms with Gasteiger partial charge in [-0.25, -0.2) is 9.97 Å². The molecule has 6 N–H and O–H groups in total. The molecule has 190 valence electrons.